The van der Waals surface area contributed by atoms with Crippen LogP contribution < -0.4 is 0 Å². The zero-order valence-corrected chi connectivity index (χ0v) is 19.6. The number of likely N-dealkylation sites (tertiary alicyclic amines) is 1. The van der Waals surface area contributed by atoms with Crippen molar-refractivity contribution in [3.63, 3.8) is 0 Å². The molecular weight excluding hydrogens is 450 g/mol. The molecule has 1 amide bonds. The Morgan fingerprint density at radius 3 is 2.71 bits per heavy atom. The standard InChI is InChI=1S/C22H25N3O3S3/c26-22(16-7-5-12-24(15-16)31(27,28)20-11-6-14-29-20)25-13-4-3-9-18(25)21-23-17-8-1-2-10-19(17)30-21/h1-2,6,8,10-11,14,16,18H,3-5,7,9,12-13,15H2/t16-,18+/m1/s1. The summed E-state index contributed by atoms with van der Waals surface area (Å²) in [7, 11) is -3.53. The number of amides is 1. The molecule has 6 nitrogen and oxygen atoms in total. The number of para-hydroxylation sites is 1. The van der Waals surface area contributed by atoms with Gasteiger partial charge in [-0.25, -0.2) is 13.4 Å². The second-order valence-electron chi connectivity index (χ2n) is 8.20. The third-order valence-corrected chi connectivity index (χ3v) is 10.6. The number of fused-ring (bicyclic) bond motifs is 1. The largest absolute Gasteiger partial charge is 0.333 e. The van der Waals surface area contributed by atoms with Crippen molar-refractivity contribution in [2.24, 2.45) is 5.92 Å². The van der Waals surface area contributed by atoms with E-state index in [0.29, 0.717) is 23.7 Å². The molecular formula is C22H25N3O3S3. The van der Waals surface area contributed by atoms with Crippen molar-refractivity contribution < 1.29 is 13.2 Å². The Morgan fingerprint density at radius 2 is 1.90 bits per heavy atom. The average molecular weight is 476 g/mol. The van der Waals surface area contributed by atoms with E-state index < -0.39 is 10.0 Å². The molecule has 0 unspecified atom stereocenters. The number of nitrogens with zero attached hydrogens (tertiary/aromatic N) is 3. The number of thiophene rings is 1. The monoisotopic (exact) mass is 475 g/mol. The van der Waals surface area contributed by atoms with Crippen LogP contribution in [0.1, 0.15) is 43.2 Å². The lowest BCUT2D eigenvalue weighted by Gasteiger charge is -2.39. The van der Waals surface area contributed by atoms with E-state index in [1.54, 1.807) is 28.8 Å². The van der Waals surface area contributed by atoms with E-state index in [4.69, 9.17) is 4.98 Å². The highest BCUT2D eigenvalue weighted by Crippen LogP contribution is 2.37. The minimum atomic E-state index is -3.53. The Balaban J connectivity index is 1.37. The quantitative estimate of drug-likeness (QED) is 0.557. The summed E-state index contributed by atoms with van der Waals surface area (Å²) in [5.41, 5.74) is 0.978. The van der Waals surface area contributed by atoms with Crippen molar-refractivity contribution in [2.45, 2.75) is 42.4 Å². The molecule has 2 aromatic heterocycles. The maximum absolute atomic E-state index is 13.6. The van der Waals surface area contributed by atoms with Crippen LogP contribution in [0.2, 0.25) is 0 Å². The molecule has 0 spiro atoms. The first kappa shape index (κ1) is 21.1. The molecule has 2 aliphatic rings. The summed E-state index contributed by atoms with van der Waals surface area (Å²) in [6.07, 6.45) is 4.42. The van der Waals surface area contributed by atoms with Crippen molar-refractivity contribution in [2.75, 3.05) is 19.6 Å². The fourth-order valence-corrected chi connectivity index (χ4v) is 8.40. The molecule has 2 saturated heterocycles. The SMILES string of the molecule is O=C([C@@H]1CCCN(S(=O)(=O)c2cccs2)C1)N1CCCC[C@H]1c1nc2ccccc2s1. The number of carbonyl (C=O) groups is 1. The van der Waals surface area contributed by atoms with Gasteiger partial charge in [0.1, 0.15) is 9.22 Å². The van der Waals surface area contributed by atoms with Crippen molar-refractivity contribution in [1.29, 1.82) is 0 Å². The number of hydrogen-bond acceptors (Lipinski definition) is 6. The van der Waals surface area contributed by atoms with Gasteiger partial charge in [0.05, 0.1) is 22.2 Å². The highest BCUT2D eigenvalue weighted by molar-refractivity contribution is 7.91. The number of benzene rings is 1. The van der Waals surface area contributed by atoms with Gasteiger partial charge in [0.25, 0.3) is 10.0 Å². The molecule has 4 heterocycles. The summed E-state index contributed by atoms with van der Waals surface area (Å²) in [5, 5.41) is 2.77. The Labute approximate surface area is 190 Å². The third kappa shape index (κ3) is 4.04. The molecule has 0 N–H and O–H groups in total. The average Bonchev–Trinajstić information content (AvgIpc) is 3.49. The zero-order valence-electron chi connectivity index (χ0n) is 17.1. The molecule has 1 aromatic carbocycles. The maximum atomic E-state index is 13.6. The van der Waals surface area contributed by atoms with E-state index in [9.17, 15) is 13.2 Å². The fraction of sp³-hybridized carbons (Fsp3) is 0.455. The van der Waals surface area contributed by atoms with E-state index in [1.165, 1.54) is 15.6 Å². The third-order valence-electron chi connectivity index (χ3n) is 6.20. The molecule has 164 valence electrons. The van der Waals surface area contributed by atoms with E-state index >= 15 is 0 Å². The van der Waals surface area contributed by atoms with Crippen LogP contribution in [0, 0.1) is 5.92 Å². The van der Waals surface area contributed by atoms with Crippen LogP contribution >= 0.6 is 22.7 Å². The molecule has 2 fully saturated rings. The van der Waals surface area contributed by atoms with E-state index in [1.807, 2.05) is 23.1 Å². The zero-order chi connectivity index (χ0) is 21.4. The molecule has 2 aliphatic heterocycles. The second-order valence-corrected chi connectivity index (χ2v) is 12.4. The number of rotatable bonds is 4. The highest BCUT2D eigenvalue weighted by Gasteiger charge is 2.38. The normalized spacial score (nSPS) is 23.3. The van der Waals surface area contributed by atoms with Gasteiger partial charge < -0.3 is 4.90 Å². The molecule has 0 saturated carbocycles. The summed E-state index contributed by atoms with van der Waals surface area (Å²) in [5.74, 6) is -0.214. The first-order valence-electron chi connectivity index (χ1n) is 10.7. The number of thiazole rings is 1. The number of hydrogen-bond donors (Lipinski definition) is 0. The van der Waals surface area contributed by atoms with Crippen LogP contribution in [0.25, 0.3) is 10.2 Å². The van der Waals surface area contributed by atoms with Crippen molar-refractivity contribution in [3.05, 3.63) is 46.8 Å². The highest BCUT2D eigenvalue weighted by atomic mass is 32.2. The van der Waals surface area contributed by atoms with Gasteiger partial charge in [-0.05, 0) is 55.7 Å². The smallest absolute Gasteiger partial charge is 0.252 e. The van der Waals surface area contributed by atoms with Gasteiger partial charge in [0.2, 0.25) is 5.91 Å². The van der Waals surface area contributed by atoms with Gasteiger partial charge >= 0.3 is 0 Å². The maximum Gasteiger partial charge on any atom is 0.252 e. The van der Waals surface area contributed by atoms with Crippen molar-refractivity contribution >= 4 is 48.8 Å². The number of sulfonamides is 1. The minimum Gasteiger partial charge on any atom is -0.333 e. The Morgan fingerprint density at radius 1 is 1.03 bits per heavy atom. The van der Waals surface area contributed by atoms with Crippen LogP contribution in [-0.2, 0) is 14.8 Å². The van der Waals surface area contributed by atoms with Crippen LogP contribution in [0.3, 0.4) is 0 Å². The molecule has 5 rings (SSSR count). The fourth-order valence-electron chi connectivity index (χ4n) is 4.62. The lowest BCUT2D eigenvalue weighted by Crippen LogP contribution is -2.48. The van der Waals surface area contributed by atoms with Crippen LogP contribution in [0.4, 0.5) is 0 Å². The number of carbonyl (C=O) groups excluding carboxylic acids is 1. The second kappa shape index (κ2) is 8.61. The van der Waals surface area contributed by atoms with Gasteiger partial charge in [-0.3, -0.25) is 4.79 Å². The summed E-state index contributed by atoms with van der Waals surface area (Å²) in [4.78, 5) is 20.4. The van der Waals surface area contributed by atoms with Crippen molar-refractivity contribution in [1.82, 2.24) is 14.2 Å². The van der Waals surface area contributed by atoms with Crippen molar-refractivity contribution in [3.8, 4) is 0 Å². The van der Waals surface area contributed by atoms with Gasteiger partial charge in [0, 0.05) is 19.6 Å². The molecule has 31 heavy (non-hydrogen) atoms. The summed E-state index contributed by atoms with van der Waals surface area (Å²) in [6, 6.07) is 11.5. The van der Waals surface area contributed by atoms with Gasteiger partial charge in [0.15, 0.2) is 0 Å². The Hall–Kier alpha value is -1.81. The van der Waals surface area contributed by atoms with Gasteiger partial charge in [-0.2, -0.15) is 4.31 Å². The molecule has 0 aliphatic carbocycles. The number of aromatic nitrogens is 1. The predicted octanol–water partition coefficient (Wildman–Crippen LogP) is 4.51. The summed E-state index contributed by atoms with van der Waals surface area (Å²) >= 11 is 2.89. The molecule has 2 atom stereocenters. The Kier molecular flexibility index (Phi) is 5.85. The first-order chi connectivity index (χ1) is 15.0. The van der Waals surface area contributed by atoms with Gasteiger partial charge in [-0.1, -0.05) is 18.2 Å². The lowest BCUT2D eigenvalue weighted by molar-refractivity contribution is -0.140. The molecule has 9 heteroatoms. The first-order valence-corrected chi connectivity index (χ1v) is 13.9. The lowest BCUT2D eigenvalue weighted by atomic mass is 9.94. The molecule has 0 bridgehead atoms. The minimum absolute atomic E-state index is 0.0112. The van der Waals surface area contributed by atoms with E-state index in [0.717, 1.165) is 40.9 Å². The Bertz CT molecular complexity index is 1140. The van der Waals surface area contributed by atoms with Crippen LogP contribution in [0.5, 0.6) is 0 Å². The van der Waals surface area contributed by atoms with Crippen LogP contribution in [-0.4, -0.2) is 48.1 Å². The predicted molar refractivity (Wildman–Crippen MR) is 124 cm³/mol. The van der Waals surface area contributed by atoms with E-state index in [2.05, 4.69) is 6.07 Å². The summed E-state index contributed by atoms with van der Waals surface area (Å²) in [6.45, 7) is 1.46. The number of piperidine rings is 2. The molecule has 3 aromatic rings. The molecule has 0 radical (unpaired) electrons. The van der Waals surface area contributed by atoms with Crippen LogP contribution in [0.15, 0.2) is 46.0 Å². The van der Waals surface area contributed by atoms with E-state index in [-0.39, 0.29) is 24.4 Å². The van der Waals surface area contributed by atoms with Gasteiger partial charge in [-0.15, -0.1) is 22.7 Å². The summed E-state index contributed by atoms with van der Waals surface area (Å²) < 4.78 is 29.0. The topological polar surface area (TPSA) is 70.6 Å².